The lowest BCUT2D eigenvalue weighted by molar-refractivity contribution is -0.141. The van der Waals surface area contributed by atoms with Crippen LogP contribution in [0.2, 0.25) is 0 Å². The molecule has 0 heterocycles. The quantitative estimate of drug-likeness (QED) is 0.400. The van der Waals surface area contributed by atoms with Crippen LogP contribution in [0.4, 0.5) is 4.39 Å². The van der Waals surface area contributed by atoms with E-state index in [0.717, 1.165) is 15.4 Å². The van der Waals surface area contributed by atoms with Crippen LogP contribution < -0.4 is 5.32 Å². The Morgan fingerprint density at radius 2 is 1.50 bits per heavy atom. The third-order valence-corrected chi connectivity index (χ3v) is 7.87. The molecule has 38 heavy (non-hydrogen) atoms. The Hall–Kier alpha value is -3.56. The van der Waals surface area contributed by atoms with Gasteiger partial charge in [0.25, 0.3) is 0 Å². The zero-order valence-electron chi connectivity index (χ0n) is 22.1. The second kappa shape index (κ2) is 12.8. The zero-order valence-corrected chi connectivity index (χ0v) is 22.9. The lowest BCUT2D eigenvalue weighted by atomic mass is 10.0. The third kappa shape index (κ3) is 7.72. The van der Waals surface area contributed by atoms with Crippen molar-refractivity contribution in [3.8, 4) is 0 Å². The molecule has 0 radical (unpaired) electrons. The van der Waals surface area contributed by atoms with Crippen molar-refractivity contribution in [3.63, 3.8) is 0 Å². The number of benzene rings is 3. The molecule has 0 saturated carbocycles. The molecule has 3 aromatic rings. The van der Waals surface area contributed by atoms with Gasteiger partial charge in [-0.25, -0.2) is 12.8 Å². The first-order valence-electron chi connectivity index (χ1n) is 12.4. The van der Waals surface area contributed by atoms with Crippen molar-refractivity contribution in [2.45, 2.75) is 50.7 Å². The van der Waals surface area contributed by atoms with E-state index in [-0.39, 0.29) is 29.8 Å². The molecule has 3 aromatic carbocycles. The zero-order chi connectivity index (χ0) is 27.9. The Morgan fingerprint density at radius 1 is 0.895 bits per heavy atom. The molecule has 0 aliphatic heterocycles. The standard InChI is InChI=1S/C29H34FN3O4S/c1-21(2)31-29(35)27(18-23-8-6-5-7-9-23)33(19-24-12-14-25(30)15-13-24)28(34)20-32(4)38(36,37)26-16-10-22(3)11-17-26/h5-17,21,27H,18-20H2,1-4H3,(H,31,35)/t27-/m1/s1. The fourth-order valence-corrected chi connectivity index (χ4v) is 5.10. The molecule has 0 aliphatic carbocycles. The largest absolute Gasteiger partial charge is 0.352 e. The fourth-order valence-electron chi connectivity index (χ4n) is 3.98. The van der Waals surface area contributed by atoms with E-state index in [2.05, 4.69) is 5.32 Å². The number of hydrogen-bond acceptors (Lipinski definition) is 4. The van der Waals surface area contributed by atoms with Crippen LogP contribution in [-0.2, 0) is 32.6 Å². The second-order valence-electron chi connectivity index (χ2n) is 9.59. The summed E-state index contributed by atoms with van der Waals surface area (Å²) in [5.41, 5.74) is 2.36. The first-order chi connectivity index (χ1) is 18.0. The summed E-state index contributed by atoms with van der Waals surface area (Å²) in [5, 5.41) is 2.88. The maximum atomic E-state index is 13.7. The van der Waals surface area contributed by atoms with Gasteiger partial charge in [0.1, 0.15) is 11.9 Å². The molecule has 0 saturated heterocycles. The Morgan fingerprint density at radius 3 is 2.08 bits per heavy atom. The molecule has 3 rings (SSSR count). The lowest BCUT2D eigenvalue weighted by Gasteiger charge is -2.33. The number of likely N-dealkylation sites (N-methyl/N-ethyl adjacent to an activating group) is 1. The minimum atomic E-state index is -3.95. The highest BCUT2D eigenvalue weighted by Gasteiger charge is 2.33. The predicted molar refractivity (Wildman–Crippen MR) is 145 cm³/mol. The third-order valence-electron chi connectivity index (χ3n) is 6.06. The van der Waals surface area contributed by atoms with Crippen molar-refractivity contribution >= 4 is 21.8 Å². The van der Waals surface area contributed by atoms with Gasteiger partial charge in [0, 0.05) is 26.1 Å². The highest BCUT2D eigenvalue weighted by atomic mass is 32.2. The average Bonchev–Trinajstić information content (AvgIpc) is 2.87. The van der Waals surface area contributed by atoms with Gasteiger partial charge in [0.05, 0.1) is 11.4 Å². The topological polar surface area (TPSA) is 86.8 Å². The summed E-state index contributed by atoms with van der Waals surface area (Å²) < 4.78 is 40.9. The molecule has 0 fully saturated rings. The summed E-state index contributed by atoms with van der Waals surface area (Å²) in [6, 6.07) is 20.2. The summed E-state index contributed by atoms with van der Waals surface area (Å²) >= 11 is 0. The van der Waals surface area contributed by atoms with Crippen molar-refractivity contribution in [1.29, 1.82) is 0 Å². The van der Waals surface area contributed by atoms with Crippen LogP contribution in [0.15, 0.2) is 83.8 Å². The molecule has 202 valence electrons. The Labute approximate surface area is 224 Å². The van der Waals surface area contributed by atoms with Crippen LogP contribution in [0.3, 0.4) is 0 Å². The van der Waals surface area contributed by atoms with E-state index in [0.29, 0.717) is 5.56 Å². The second-order valence-corrected chi connectivity index (χ2v) is 11.6. The van der Waals surface area contributed by atoms with Crippen LogP contribution in [0.5, 0.6) is 0 Å². The molecule has 0 aliphatic rings. The minimum Gasteiger partial charge on any atom is -0.352 e. The molecular formula is C29H34FN3O4S. The number of aryl methyl sites for hydroxylation is 1. The van der Waals surface area contributed by atoms with Crippen LogP contribution in [0, 0.1) is 12.7 Å². The summed E-state index contributed by atoms with van der Waals surface area (Å²) in [7, 11) is -2.61. The van der Waals surface area contributed by atoms with E-state index in [9.17, 15) is 22.4 Å². The Balaban J connectivity index is 1.96. The van der Waals surface area contributed by atoms with Gasteiger partial charge in [-0.3, -0.25) is 9.59 Å². The number of sulfonamides is 1. The normalized spacial score (nSPS) is 12.4. The summed E-state index contributed by atoms with van der Waals surface area (Å²) in [6.45, 7) is 5.03. The summed E-state index contributed by atoms with van der Waals surface area (Å²) in [6.07, 6.45) is 0.223. The lowest BCUT2D eigenvalue weighted by Crippen LogP contribution is -2.53. The van der Waals surface area contributed by atoms with Gasteiger partial charge in [0.15, 0.2) is 0 Å². The van der Waals surface area contributed by atoms with Crippen molar-refractivity contribution in [2.75, 3.05) is 13.6 Å². The molecule has 1 N–H and O–H groups in total. The Bertz CT molecular complexity index is 1330. The monoisotopic (exact) mass is 539 g/mol. The molecule has 1 atom stereocenters. The van der Waals surface area contributed by atoms with Crippen molar-refractivity contribution in [1.82, 2.24) is 14.5 Å². The number of hydrogen-bond donors (Lipinski definition) is 1. The van der Waals surface area contributed by atoms with Gasteiger partial charge in [-0.2, -0.15) is 4.31 Å². The predicted octanol–water partition coefficient (Wildman–Crippen LogP) is 3.92. The van der Waals surface area contributed by atoms with E-state index in [1.54, 1.807) is 24.3 Å². The number of halogens is 1. The van der Waals surface area contributed by atoms with Crippen molar-refractivity contribution in [2.24, 2.45) is 0 Å². The smallest absolute Gasteiger partial charge is 0.243 e. The van der Waals surface area contributed by atoms with E-state index in [4.69, 9.17) is 0 Å². The number of nitrogens with zero attached hydrogens (tertiary/aromatic N) is 2. The van der Waals surface area contributed by atoms with Gasteiger partial charge < -0.3 is 10.2 Å². The molecule has 2 amide bonds. The SMILES string of the molecule is Cc1ccc(S(=O)(=O)N(C)CC(=O)N(Cc2ccc(F)cc2)[C@H](Cc2ccccc2)C(=O)NC(C)C)cc1. The van der Waals surface area contributed by atoms with Crippen LogP contribution in [0.1, 0.15) is 30.5 Å². The number of carbonyl (C=O) groups is 2. The molecule has 0 bridgehead atoms. The molecule has 0 unspecified atom stereocenters. The van der Waals surface area contributed by atoms with Crippen molar-refractivity contribution in [3.05, 3.63) is 101 Å². The first kappa shape index (κ1) is 29.0. The van der Waals surface area contributed by atoms with Gasteiger partial charge in [-0.15, -0.1) is 0 Å². The summed E-state index contributed by atoms with van der Waals surface area (Å²) in [4.78, 5) is 28.6. The fraction of sp³-hybridized carbons (Fsp3) is 0.310. The molecule has 7 nitrogen and oxygen atoms in total. The van der Waals surface area contributed by atoms with Gasteiger partial charge in [-0.05, 0) is 56.2 Å². The maximum absolute atomic E-state index is 13.7. The maximum Gasteiger partial charge on any atom is 0.243 e. The van der Waals surface area contributed by atoms with E-state index in [1.165, 1.54) is 36.2 Å². The first-order valence-corrected chi connectivity index (χ1v) is 13.8. The van der Waals surface area contributed by atoms with Gasteiger partial charge in [0.2, 0.25) is 21.8 Å². The van der Waals surface area contributed by atoms with Crippen LogP contribution in [0.25, 0.3) is 0 Å². The van der Waals surface area contributed by atoms with Gasteiger partial charge >= 0.3 is 0 Å². The van der Waals surface area contributed by atoms with E-state index < -0.39 is 34.3 Å². The van der Waals surface area contributed by atoms with Gasteiger partial charge in [-0.1, -0.05) is 60.2 Å². The molecule has 0 spiro atoms. The molecule has 0 aromatic heterocycles. The van der Waals surface area contributed by atoms with E-state index in [1.807, 2.05) is 51.1 Å². The number of amides is 2. The highest BCUT2D eigenvalue weighted by Crippen LogP contribution is 2.19. The number of nitrogens with one attached hydrogen (secondary N) is 1. The molecular weight excluding hydrogens is 505 g/mol. The summed E-state index contributed by atoms with van der Waals surface area (Å²) in [5.74, 6) is -1.33. The minimum absolute atomic E-state index is 0.000544. The van der Waals surface area contributed by atoms with Crippen LogP contribution >= 0.6 is 0 Å². The average molecular weight is 540 g/mol. The van der Waals surface area contributed by atoms with Crippen LogP contribution in [-0.4, -0.2) is 55.1 Å². The molecule has 9 heteroatoms. The Kier molecular flexibility index (Phi) is 9.77. The van der Waals surface area contributed by atoms with Crippen molar-refractivity contribution < 1.29 is 22.4 Å². The van der Waals surface area contributed by atoms with E-state index >= 15 is 0 Å². The number of carbonyl (C=O) groups excluding carboxylic acids is 2. The number of rotatable bonds is 11. The highest BCUT2D eigenvalue weighted by molar-refractivity contribution is 7.89.